The van der Waals surface area contributed by atoms with E-state index in [0.29, 0.717) is 34.1 Å². The van der Waals surface area contributed by atoms with Crippen molar-refractivity contribution in [1.82, 2.24) is 4.57 Å². The third-order valence-corrected chi connectivity index (χ3v) is 7.67. The molecule has 0 saturated heterocycles. The zero-order valence-electron chi connectivity index (χ0n) is 21.6. The fourth-order valence-electron chi connectivity index (χ4n) is 4.84. The molecule has 206 valence electrons. The number of fused-ring (bicyclic) bond motifs is 3. The molecule has 6 rings (SSSR count). The van der Waals surface area contributed by atoms with Crippen molar-refractivity contribution in [2.24, 2.45) is 5.73 Å². The van der Waals surface area contributed by atoms with E-state index < -0.39 is 23.4 Å². The minimum atomic E-state index is -0.996. The normalized spacial score (nSPS) is 17.2. The molecule has 4 heterocycles. The minimum Gasteiger partial charge on any atom is -0.463 e. The third kappa shape index (κ3) is 4.16. The molecule has 1 atom stereocenters. The van der Waals surface area contributed by atoms with E-state index >= 15 is 0 Å². The molecule has 3 aromatic rings. The molecule has 0 saturated carbocycles. The number of rotatable bonds is 6. The van der Waals surface area contributed by atoms with Gasteiger partial charge in [-0.15, -0.1) is 11.3 Å². The van der Waals surface area contributed by atoms with Crippen LogP contribution in [-0.4, -0.2) is 43.3 Å². The Morgan fingerprint density at radius 2 is 1.52 bits per heavy atom. The van der Waals surface area contributed by atoms with E-state index in [1.54, 1.807) is 56.3 Å². The van der Waals surface area contributed by atoms with E-state index in [-0.39, 0.29) is 53.0 Å². The SMILES string of the molecule is CCOC(=O)C1=C(N)n2c(sc(=Cc3ccc4c(c3)OCO4)c2=O)=C(C(=O)OCC)C1c1ccc2c(c1)OCO2. The lowest BCUT2D eigenvalue weighted by molar-refractivity contribution is -0.138. The quantitative estimate of drug-likeness (QED) is 0.437. The summed E-state index contributed by atoms with van der Waals surface area (Å²) in [5, 5.41) is 0. The number of thiazole rings is 1. The number of ether oxygens (including phenoxy) is 6. The Morgan fingerprint density at radius 1 is 0.925 bits per heavy atom. The number of carbonyl (C=O) groups is 2. The van der Waals surface area contributed by atoms with Crippen LogP contribution in [0.1, 0.15) is 30.9 Å². The third-order valence-electron chi connectivity index (χ3n) is 6.56. The first-order chi connectivity index (χ1) is 19.4. The predicted octanol–water partition coefficient (Wildman–Crippen LogP) is 1.40. The van der Waals surface area contributed by atoms with Gasteiger partial charge in [-0.25, -0.2) is 9.59 Å². The number of esters is 2. The van der Waals surface area contributed by atoms with E-state index in [9.17, 15) is 14.4 Å². The number of nitrogens with zero attached hydrogens (tertiary/aromatic N) is 1. The Labute approximate surface area is 231 Å². The van der Waals surface area contributed by atoms with Gasteiger partial charge in [0.15, 0.2) is 23.0 Å². The second-order valence-electron chi connectivity index (χ2n) is 8.87. The molecule has 1 aromatic heterocycles. The van der Waals surface area contributed by atoms with Crippen molar-refractivity contribution in [3.05, 3.63) is 72.6 Å². The predicted molar refractivity (Wildman–Crippen MR) is 143 cm³/mol. The van der Waals surface area contributed by atoms with Gasteiger partial charge in [0.1, 0.15) is 10.5 Å². The van der Waals surface area contributed by atoms with Crippen LogP contribution in [0.2, 0.25) is 0 Å². The van der Waals surface area contributed by atoms with Crippen LogP contribution in [0.4, 0.5) is 0 Å². The lowest BCUT2D eigenvalue weighted by Gasteiger charge is -2.27. The number of aromatic nitrogens is 1. The van der Waals surface area contributed by atoms with Gasteiger partial charge in [-0.2, -0.15) is 0 Å². The Morgan fingerprint density at radius 3 is 2.20 bits per heavy atom. The standard InChI is InChI=1S/C28H24N2O9S/c1-3-34-27(32)22-21(15-6-8-17-19(11-15)39-13-37-17)23(28(33)35-4-2)26-30(24(22)29)25(31)20(40-26)10-14-5-7-16-18(9-14)38-12-36-16/h5-11,21H,3-4,12-13,29H2,1-2H3. The molecule has 0 aliphatic carbocycles. The zero-order chi connectivity index (χ0) is 28.0. The summed E-state index contributed by atoms with van der Waals surface area (Å²) in [4.78, 5) is 40.6. The Bertz CT molecular complexity index is 1770. The molecule has 12 heteroatoms. The Hall–Kier alpha value is -4.71. The van der Waals surface area contributed by atoms with Gasteiger partial charge in [-0.1, -0.05) is 12.1 Å². The second kappa shape index (κ2) is 10.1. The van der Waals surface area contributed by atoms with Gasteiger partial charge in [-0.05, 0) is 55.3 Å². The van der Waals surface area contributed by atoms with E-state index in [4.69, 9.17) is 34.2 Å². The van der Waals surface area contributed by atoms with Gasteiger partial charge >= 0.3 is 11.9 Å². The maximum atomic E-state index is 13.7. The maximum Gasteiger partial charge on any atom is 0.338 e. The zero-order valence-corrected chi connectivity index (χ0v) is 22.4. The van der Waals surface area contributed by atoms with E-state index in [1.807, 2.05) is 0 Å². The summed E-state index contributed by atoms with van der Waals surface area (Å²) in [6.45, 7) is 3.63. The van der Waals surface area contributed by atoms with Crippen molar-refractivity contribution < 1.29 is 38.0 Å². The number of nitrogens with two attached hydrogens (primary N) is 1. The molecule has 3 aliphatic rings. The summed E-state index contributed by atoms with van der Waals surface area (Å²) in [5.41, 5.74) is 7.30. The first-order valence-electron chi connectivity index (χ1n) is 12.5. The molecule has 0 radical (unpaired) electrons. The lowest BCUT2D eigenvalue weighted by atomic mass is 9.83. The minimum absolute atomic E-state index is 0.0458. The number of benzene rings is 2. The van der Waals surface area contributed by atoms with Crippen LogP contribution in [0.25, 0.3) is 17.5 Å². The second-order valence-corrected chi connectivity index (χ2v) is 9.90. The van der Waals surface area contributed by atoms with Gasteiger partial charge < -0.3 is 34.2 Å². The van der Waals surface area contributed by atoms with Crippen LogP contribution in [-0.2, 0) is 19.1 Å². The summed E-state index contributed by atoms with van der Waals surface area (Å²) in [7, 11) is 0. The fraction of sp³-hybridized carbons (Fsp3) is 0.250. The van der Waals surface area contributed by atoms with E-state index in [0.717, 1.165) is 11.3 Å². The topological polar surface area (TPSA) is 138 Å². The van der Waals surface area contributed by atoms with Crippen LogP contribution in [0.15, 0.2) is 46.8 Å². The number of hydrogen-bond acceptors (Lipinski definition) is 11. The van der Waals surface area contributed by atoms with Crippen LogP contribution in [0, 0.1) is 0 Å². The maximum absolute atomic E-state index is 13.7. The summed E-state index contributed by atoms with van der Waals surface area (Å²) in [6, 6.07) is 10.4. The van der Waals surface area contributed by atoms with Crippen molar-refractivity contribution >= 4 is 40.7 Å². The largest absolute Gasteiger partial charge is 0.463 e. The lowest BCUT2D eigenvalue weighted by Crippen LogP contribution is -2.42. The van der Waals surface area contributed by atoms with Crippen molar-refractivity contribution in [3.8, 4) is 23.0 Å². The molecule has 11 nitrogen and oxygen atoms in total. The molecule has 0 bridgehead atoms. The summed E-state index contributed by atoms with van der Waals surface area (Å²) >= 11 is 1.07. The van der Waals surface area contributed by atoms with Gasteiger partial charge in [0.25, 0.3) is 5.56 Å². The smallest absolute Gasteiger partial charge is 0.338 e. The number of carbonyl (C=O) groups excluding carboxylic acids is 2. The van der Waals surface area contributed by atoms with Crippen LogP contribution < -0.4 is 39.4 Å². The van der Waals surface area contributed by atoms with Gasteiger partial charge in [0.2, 0.25) is 13.6 Å². The highest BCUT2D eigenvalue weighted by Crippen LogP contribution is 2.42. The average molecular weight is 565 g/mol. The first kappa shape index (κ1) is 25.6. The summed E-state index contributed by atoms with van der Waals surface area (Å²) in [6.07, 6.45) is 1.66. The Balaban J connectivity index is 1.63. The van der Waals surface area contributed by atoms with Gasteiger partial charge in [0.05, 0.1) is 34.8 Å². The molecule has 0 fully saturated rings. The highest BCUT2D eigenvalue weighted by atomic mass is 32.1. The fourth-order valence-corrected chi connectivity index (χ4v) is 6.01. The van der Waals surface area contributed by atoms with E-state index in [2.05, 4.69) is 0 Å². The average Bonchev–Trinajstić information content (AvgIpc) is 3.67. The highest BCUT2D eigenvalue weighted by molar-refractivity contribution is 7.07. The van der Waals surface area contributed by atoms with Crippen LogP contribution in [0.3, 0.4) is 0 Å². The van der Waals surface area contributed by atoms with Crippen LogP contribution in [0.5, 0.6) is 23.0 Å². The van der Waals surface area contributed by atoms with Gasteiger partial charge in [0, 0.05) is 0 Å². The summed E-state index contributed by atoms with van der Waals surface area (Å²) in [5.74, 6) is -0.427. The van der Waals surface area contributed by atoms with Gasteiger partial charge in [-0.3, -0.25) is 9.36 Å². The monoisotopic (exact) mass is 564 g/mol. The molecular formula is C28H24N2O9S. The first-order valence-corrected chi connectivity index (χ1v) is 13.3. The summed E-state index contributed by atoms with van der Waals surface area (Å²) < 4.78 is 34.3. The van der Waals surface area contributed by atoms with E-state index in [1.165, 1.54) is 4.57 Å². The molecule has 0 amide bonds. The molecule has 40 heavy (non-hydrogen) atoms. The highest BCUT2D eigenvalue weighted by Gasteiger charge is 2.40. The molecule has 1 unspecified atom stereocenters. The van der Waals surface area contributed by atoms with Crippen LogP contribution >= 0.6 is 11.3 Å². The molecular weight excluding hydrogens is 540 g/mol. The van der Waals surface area contributed by atoms with Crippen molar-refractivity contribution in [3.63, 3.8) is 0 Å². The number of hydrogen-bond donors (Lipinski definition) is 1. The van der Waals surface area contributed by atoms with Crippen molar-refractivity contribution in [2.75, 3.05) is 26.8 Å². The van der Waals surface area contributed by atoms with Crippen molar-refractivity contribution in [1.29, 1.82) is 0 Å². The molecule has 2 aromatic carbocycles. The molecule has 0 spiro atoms. The molecule has 2 N–H and O–H groups in total. The Kier molecular flexibility index (Phi) is 6.46. The van der Waals surface area contributed by atoms with Crippen molar-refractivity contribution in [2.45, 2.75) is 19.8 Å². The molecule has 3 aliphatic heterocycles.